The lowest BCUT2D eigenvalue weighted by Crippen LogP contribution is -2.57. The van der Waals surface area contributed by atoms with Gasteiger partial charge in [-0.1, -0.05) is 71.8 Å². The van der Waals surface area contributed by atoms with Crippen molar-refractivity contribution in [3.05, 3.63) is 101 Å². The van der Waals surface area contributed by atoms with Crippen LogP contribution in [0.15, 0.2) is 66.9 Å². The van der Waals surface area contributed by atoms with Gasteiger partial charge in [-0.25, -0.2) is 9.18 Å². The molecule has 2 amide bonds. The molecule has 3 atom stereocenters. The first-order chi connectivity index (χ1) is 18.1. The maximum Gasteiger partial charge on any atom is 0.416 e. The van der Waals surface area contributed by atoms with Crippen molar-refractivity contribution in [3.8, 4) is 0 Å². The Balaban J connectivity index is 1.87. The maximum absolute atomic E-state index is 14.8. The zero-order chi connectivity index (χ0) is 27.3. The number of amides is 2. The molecule has 4 N–H and O–H groups in total. The highest BCUT2D eigenvalue weighted by Crippen LogP contribution is 2.38. The molecule has 1 aromatic heterocycles. The first-order valence-electron chi connectivity index (χ1n) is 12.4. The predicted octanol–water partition coefficient (Wildman–Crippen LogP) is 6.23. The number of hydrogen-bond donors (Lipinski definition) is 3. The molecule has 0 bridgehead atoms. The number of halogens is 5. The van der Waals surface area contributed by atoms with Crippen LogP contribution in [0, 0.1) is 5.82 Å². The summed E-state index contributed by atoms with van der Waals surface area (Å²) in [4.78, 5) is 18.0. The number of hydrogen-bond acceptors (Lipinski definition) is 3. The fourth-order valence-electron chi connectivity index (χ4n) is 4.92. The fraction of sp³-hybridized carbons (Fsp3) is 0.357. The number of nitrogens with one attached hydrogen (secondary N) is 2. The molecule has 1 aliphatic rings. The lowest BCUT2D eigenvalue weighted by molar-refractivity contribution is -0.137. The summed E-state index contributed by atoms with van der Waals surface area (Å²) in [5, 5.41) is 5.83. The Hall–Kier alpha value is -2.73. The van der Waals surface area contributed by atoms with Gasteiger partial charge in [0.2, 0.25) is 0 Å². The number of alkyl halides is 4. The Morgan fingerprint density at radius 3 is 2.34 bits per heavy atom. The first-order valence-corrected chi connectivity index (χ1v) is 13.9. The van der Waals surface area contributed by atoms with Gasteiger partial charge in [0.15, 0.2) is 0 Å². The van der Waals surface area contributed by atoms with Crippen LogP contribution in [0.25, 0.3) is 0 Å². The highest BCUT2D eigenvalue weighted by Gasteiger charge is 2.41. The molecular weight excluding hydrogens is 611 g/mol. The summed E-state index contributed by atoms with van der Waals surface area (Å²) in [5.41, 5.74) is 5.31. The van der Waals surface area contributed by atoms with Gasteiger partial charge in [-0.2, -0.15) is 13.2 Å². The van der Waals surface area contributed by atoms with E-state index in [4.69, 9.17) is 5.73 Å². The summed E-state index contributed by atoms with van der Waals surface area (Å²) in [6.45, 7) is 0. The SMILES string of the molecule is N[C@@H]1CCCC[C@H]1NC(=O)N[C@@](Cc1ccccc1)(c1cc(F)cc(C(F)(F)F)c1)c1ccc(CI)cn1. The monoisotopic (exact) mass is 640 g/mol. The molecule has 202 valence electrons. The van der Waals surface area contributed by atoms with Crippen LogP contribution in [0.5, 0.6) is 0 Å². The Kier molecular flexibility index (Phi) is 8.92. The minimum Gasteiger partial charge on any atom is -0.334 e. The van der Waals surface area contributed by atoms with E-state index in [0.717, 1.165) is 42.5 Å². The molecule has 10 heteroatoms. The smallest absolute Gasteiger partial charge is 0.334 e. The first kappa shape index (κ1) is 28.3. The lowest BCUT2D eigenvalue weighted by atomic mass is 9.79. The minimum atomic E-state index is -4.79. The van der Waals surface area contributed by atoms with Gasteiger partial charge < -0.3 is 16.4 Å². The molecule has 3 aromatic rings. The molecule has 0 radical (unpaired) electrons. The van der Waals surface area contributed by atoms with E-state index >= 15 is 0 Å². The van der Waals surface area contributed by atoms with Crippen molar-refractivity contribution in [3.63, 3.8) is 0 Å². The summed E-state index contributed by atoms with van der Waals surface area (Å²) in [7, 11) is 0. The molecule has 1 fully saturated rings. The summed E-state index contributed by atoms with van der Waals surface area (Å²) >= 11 is 2.18. The number of carbonyl (C=O) groups excluding carboxylic acids is 1. The molecule has 5 nitrogen and oxygen atoms in total. The molecule has 1 aliphatic carbocycles. The van der Waals surface area contributed by atoms with Crippen LogP contribution in [0.3, 0.4) is 0 Å². The zero-order valence-electron chi connectivity index (χ0n) is 20.6. The predicted molar refractivity (Wildman–Crippen MR) is 146 cm³/mol. The second-order valence-corrected chi connectivity index (χ2v) is 10.4. The summed E-state index contributed by atoms with van der Waals surface area (Å²) < 4.78 is 56.8. The molecule has 1 saturated carbocycles. The second kappa shape index (κ2) is 12.0. The van der Waals surface area contributed by atoms with E-state index in [1.807, 2.05) is 6.07 Å². The largest absolute Gasteiger partial charge is 0.416 e. The zero-order valence-corrected chi connectivity index (χ0v) is 22.7. The summed E-state index contributed by atoms with van der Waals surface area (Å²) in [6.07, 6.45) is 0.198. The molecule has 4 rings (SSSR count). The van der Waals surface area contributed by atoms with Crippen molar-refractivity contribution >= 4 is 28.6 Å². The van der Waals surface area contributed by atoms with E-state index in [1.165, 1.54) is 0 Å². The van der Waals surface area contributed by atoms with Crippen LogP contribution in [-0.4, -0.2) is 23.1 Å². The topological polar surface area (TPSA) is 80.0 Å². The van der Waals surface area contributed by atoms with Crippen LogP contribution >= 0.6 is 22.6 Å². The van der Waals surface area contributed by atoms with Crippen molar-refractivity contribution in [1.29, 1.82) is 0 Å². The third-order valence-corrected chi connectivity index (χ3v) is 7.79. The Morgan fingerprint density at radius 2 is 1.71 bits per heavy atom. The molecule has 0 spiro atoms. The summed E-state index contributed by atoms with van der Waals surface area (Å²) in [6, 6.07) is 13.7. The number of rotatable bonds is 7. The Morgan fingerprint density at radius 1 is 1.00 bits per heavy atom. The molecular formula is C28H29F4IN4O. The standard InChI is InChI=1S/C28H29F4IN4O/c29-22-13-20(12-21(14-22)28(30,31)32)27(15-18-6-2-1-3-7-18,25-11-10-19(16-33)17-35-25)37-26(38)36-24-9-5-4-8-23(24)34/h1-3,6-7,10-14,17,23-24H,4-5,8-9,15-16,34H2,(H2,36,37,38)/t23-,24-,27+/m1/s1. The second-order valence-electron chi connectivity index (χ2n) is 9.63. The van der Waals surface area contributed by atoms with Crippen LogP contribution in [-0.2, 0) is 22.6 Å². The Bertz CT molecular complexity index is 1240. The number of nitrogens with zero attached hydrogens (tertiary/aromatic N) is 1. The van der Waals surface area contributed by atoms with Crippen molar-refractivity contribution in [2.45, 2.75) is 60.3 Å². The highest BCUT2D eigenvalue weighted by atomic mass is 127. The number of aromatic nitrogens is 1. The average Bonchev–Trinajstić information content (AvgIpc) is 2.89. The molecule has 0 unspecified atom stereocenters. The summed E-state index contributed by atoms with van der Waals surface area (Å²) in [5.74, 6) is -1.06. The van der Waals surface area contributed by atoms with Crippen molar-refractivity contribution < 1.29 is 22.4 Å². The van der Waals surface area contributed by atoms with Gasteiger partial charge in [-0.15, -0.1) is 0 Å². The molecule has 1 heterocycles. The van der Waals surface area contributed by atoms with E-state index < -0.39 is 29.1 Å². The van der Waals surface area contributed by atoms with Crippen LogP contribution in [0.4, 0.5) is 22.4 Å². The third-order valence-electron chi connectivity index (χ3n) is 6.91. The van der Waals surface area contributed by atoms with E-state index in [2.05, 4.69) is 38.2 Å². The van der Waals surface area contributed by atoms with Crippen molar-refractivity contribution in [1.82, 2.24) is 15.6 Å². The molecule has 0 saturated heterocycles. The van der Waals surface area contributed by atoms with Gasteiger partial charge in [0.1, 0.15) is 11.4 Å². The van der Waals surface area contributed by atoms with Gasteiger partial charge in [0, 0.05) is 29.1 Å². The van der Waals surface area contributed by atoms with E-state index in [-0.39, 0.29) is 29.8 Å². The normalized spacial score (nSPS) is 19.4. The van der Waals surface area contributed by atoms with Gasteiger partial charge in [0.05, 0.1) is 11.3 Å². The average molecular weight is 640 g/mol. The number of urea groups is 1. The minimum absolute atomic E-state index is 0.0370. The van der Waals surface area contributed by atoms with Gasteiger partial charge in [0.25, 0.3) is 0 Å². The van der Waals surface area contributed by atoms with E-state index in [9.17, 15) is 22.4 Å². The number of benzene rings is 2. The van der Waals surface area contributed by atoms with Crippen molar-refractivity contribution in [2.24, 2.45) is 5.73 Å². The third kappa shape index (κ3) is 6.63. The highest BCUT2D eigenvalue weighted by molar-refractivity contribution is 14.1. The maximum atomic E-state index is 14.8. The molecule has 0 aliphatic heterocycles. The van der Waals surface area contributed by atoms with Crippen molar-refractivity contribution in [2.75, 3.05) is 0 Å². The van der Waals surface area contributed by atoms with E-state index in [0.29, 0.717) is 16.9 Å². The quantitative estimate of drug-likeness (QED) is 0.163. The van der Waals surface area contributed by atoms with Gasteiger partial charge >= 0.3 is 12.2 Å². The van der Waals surface area contributed by atoms with Gasteiger partial charge in [-0.3, -0.25) is 4.98 Å². The molecule has 2 aromatic carbocycles. The van der Waals surface area contributed by atoms with Gasteiger partial charge in [-0.05, 0) is 53.8 Å². The van der Waals surface area contributed by atoms with Crippen LogP contribution in [0.1, 0.15) is 53.6 Å². The Labute approximate surface area is 232 Å². The number of nitrogens with two attached hydrogens (primary N) is 1. The lowest BCUT2D eigenvalue weighted by Gasteiger charge is -2.37. The fourth-order valence-corrected chi connectivity index (χ4v) is 5.37. The van der Waals surface area contributed by atoms with Crippen LogP contribution < -0.4 is 16.4 Å². The number of pyridine rings is 1. The molecule has 38 heavy (non-hydrogen) atoms. The van der Waals surface area contributed by atoms with E-state index in [1.54, 1.807) is 42.6 Å². The number of carbonyl (C=O) groups is 1. The van der Waals surface area contributed by atoms with Crippen LogP contribution in [0.2, 0.25) is 0 Å².